The van der Waals surface area contributed by atoms with E-state index in [1.54, 1.807) is 0 Å². The van der Waals surface area contributed by atoms with E-state index in [2.05, 4.69) is 39.5 Å². The minimum atomic E-state index is 0.494. The van der Waals surface area contributed by atoms with Gasteiger partial charge in [-0.05, 0) is 49.7 Å². The first kappa shape index (κ1) is 13.0. The fourth-order valence-corrected chi connectivity index (χ4v) is 3.32. The Balaban J connectivity index is 2.50. The predicted molar refractivity (Wildman–Crippen MR) is 68.1 cm³/mol. The van der Waals surface area contributed by atoms with E-state index in [0.717, 1.165) is 11.8 Å². The Morgan fingerprint density at radius 1 is 1.13 bits per heavy atom. The molecule has 1 heteroatoms. The summed E-state index contributed by atoms with van der Waals surface area (Å²) in [5.74, 6) is 1.88. The minimum absolute atomic E-state index is 0.494. The predicted octanol–water partition coefficient (Wildman–Crippen LogP) is 3.79. The molecule has 1 heterocycles. The second-order valence-corrected chi connectivity index (χ2v) is 6.15. The quantitative estimate of drug-likeness (QED) is 0.686. The Kier molecular flexibility index (Phi) is 4.64. The number of nitrogens with zero attached hydrogens (tertiary/aromatic N) is 1. The second-order valence-electron chi connectivity index (χ2n) is 6.15. The van der Waals surface area contributed by atoms with Crippen molar-refractivity contribution >= 4 is 0 Å². The molecule has 0 aromatic heterocycles. The zero-order valence-corrected chi connectivity index (χ0v) is 11.3. The van der Waals surface area contributed by atoms with Gasteiger partial charge in [0, 0.05) is 0 Å². The lowest BCUT2D eigenvalue weighted by atomic mass is 9.69. The van der Waals surface area contributed by atoms with Crippen molar-refractivity contribution in [2.24, 2.45) is 17.3 Å². The molecule has 0 N–H and O–H groups in total. The van der Waals surface area contributed by atoms with Gasteiger partial charge in [-0.25, -0.2) is 0 Å². The standard InChI is InChI=1S/C14H29N/c1-6-13(14(3,4)5)12-8-10-15(7-2)11-9-12/h12-13H,6-11H2,1-5H3. The van der Waals surface area contributed by atoms with Crippen molar-refractivity contribution < 1.29 is 0 Å². The van der Waals surface area contributed by atoms with Gasteiger partial charge < -0.3 is 4.90 Å². The van der Waals surface area contributed by atoms with Crippen LogP contribution in [0.3, 0.4) is 0 Å². The monoisotopic (exact) mass is 211 g/mol. The van der Waals surface area contributed by atoms with Crippen molar-refractivity contribution in [1.82, 2.24) is 4.90 Å². The van der Waals surface area contributed by atoms with Crippen LogP contribution in [-0.2, 0) is 0 Å². The number of hydrogen-bond donors (Lipinski definition) is 0. The van der Waals surface area contributed by atoms with Crippen molar-refractivity contribution in [3.05, 3.63) is 0 Å². The van der Waals surface area contributed by atoms with E-state index < -0.39 is 0 Å². The molecule has 0 aromatic rings. The average Bonchev–Trinajstić information content (AvgIpc) is 2.18. The molecule has 0 spiro atoms. The van der Waals surface area contributed by atoms with Gasteiger partial charge in [0.2, 0.25) is 0 Å². The molecule has 1 atom stereocenters. The van der Waals surface area contributed by atoms with Crippen molar-refractivity contribution in [2.75, 3.05) is 19.6 Å². The third kappa shape index (κ3) is 3.48. The van der Waals surface area contributed by atoms with Gasteiger partial charge in [0.15, 0.2) is 0 Å². The van der Waals surface area contributed by atoms with Crippen LogP contribution in [0.1, 0.15) is 53.9 Å². The fraction of sp³-hybridized carbons (Fsp3) is 1.00. The van der Waals surface area contributed by atoms with E-state index in [1.165, 1.54) is 38.9 Å². The zero-order chi connectivity index (χ0) is 11.5. The molecule has 90 valence electrons. The van der Waals surface area contributed by atoms with Gasteiger partial charge in [-0.2, -0.15) is 0 Å². The summed E-state index contributed by atoms with van der Waals surface area (Å²) < 4.78 is 0. The lowest BCUT2D eigenvalue weighted by Crippen LogP contribution is -2.39. The van der Waals surface area contributed by atoms with Crippen molar-refractivity contribution in [3.8, 4) is 0 Å². The molecule has 1 nitrogen and oxygen atoms in total. The first-order valence-electron chi connectivity index (χ1n) is 6.71. The summed E-state index contributed by atoms with van der Waals surface area (Å²) in [5, 5.41) is 0. The molecule has 0 radical (unpaired) electrons. The third-order valence-corrected chi connectivity index (χ3v) is 4.20. The number of hydrogen-bond acceptors (Lipinski definition) is 1. The van der Waals surface area contributed by atoms with Gasteiger partial charge in [0.05, 0.1) is 0 Å². The summed E-state index contributed by atoms with van der Waals surface area (Å²) in [5.41, 5.74) is 0.494. The van der Waals surface area contributed by atoms with Gasteiger partial charge in [-0.3, -0.25) is 0 Å². The van der Waals surface area contributed by atoms with Gasteiger partial charge in [-0.1, -0.05) is 41.0 Å². The summed E-state index contributed by atoms with van der Waals surface area (Å²) in [7, 11) is 0. The molecule has 1 aliphatic rings. The van der Waals surface area contributed by atoms with E-state index in [1.807, 2.05) is 0 Å². The minimum Gasteiger partial charge on any atom is -0.304 e. The maximum Gasteiger partial charge on any atom is -0.00161 e. The van der Waals surface area contributed by atoms with Gasteiger partial charge >= 0.3 is 0 Å². The van der Waals surface area contributed by atoms with E-state index in [4.69, 9.17) is 0 Å². The van der Waals surface area contributed by atoms with Crippen LogP contribution in [0.4, 0.5) is 0 Å². The Bertz CT molecular complexity index is 172. The summed E-state index contributed by atoms with van der Waals surface area (Å²) >= 11 is 0. The van der Waals surface area contributed by atoms with E-state index in [0.29, 0.717) is 5.41 Å². The highest BCUT2D eigenvalue weighted by molar-refractivity contribution is 4.83. The van der Waals surface area contributed by atoms with E-state index in [-0.39, 0.29) is 0 Å². The molecular formula is C14H29N. The molecule has 0 aliphatic carbocycles. The molecule has 15 heavy (non-hydrogen) atoms. The first-order valence-corrected chi connectivity index (χ1v) is 6.71. The lowest BCUT2D eigenvalue weighted by Gasteiger charge is -2.41. The topological polar surface area (TPSA) is 3.24 Å². The van der Waals surface area contributed by atoms with E-state index >= 15 is 0 Å². The largest absolute Gasteiger partial charge is 0.304 e. The SMILES string of the molecule is CCC(C1CCN(CC)CC1)C(C)(C)C. The van der Waals surface area contributed by atoms with Crippen LogP contribution >= 0.6 is 0 Å². The maximum absolute atomic E-state index is 2.59. The molecule has 0 amide bonds. The highest BCUT2D eigenvalue weighted by Gasteiger charge is 2.32. The lowest BCUT2D eigenvalue weighted by molar-refractivity contribution is 0.0855. The van der Waals surface area contributed by atoms with Gasteiger partial charge in [0.1, 0.15) is 0 Å². The summed E-state index contributed by atoms with van der Waals surface area (Å²) in [6.45, 7) is 15.8. The number of rotatable bonds is 3. The number of piperidine rings is 1. The Labute approximate surface area is 96.2 Å². The zero-order valence-electron chi connectivity index (χ0n) is 11.3. The van der Waals surface area contributed by atoms with Crippen LogP contribution in [0, 0.1) is 17.3 Å². The van der Waals surface area contributed by atoms with E-state index in [9.17, 15) is 0 Å². The highest BCUT2D eigenvalue weighted by atomic mass is 15.1. The normalized spacial score (nSPS) is 23.0. The maximum atomic E-state index is 2.59. The molecular weight excluding hydrogens is 182 g/mol. The third-order valence-electron chi connectivity index (χ3n) is 4.20. The summed E-state index contributed by atoms with van der Waals surface area (Å²) in [6.07, 6.45) is 4.19. The number of likely N-dealkylation sites (tertiary alicyclic amines) is 1. The summed E-state index contributed by atoms with van der Waals surface area (Å²) in [4.78, 5) is 2.59. The van der Waals surface area contributed by atoms with Crippen LogP contribution in [-0.4, -0.2) is 24.5 Å². The molecule has 1 aliphatic heterocycles. The highest BCUT2D eigenvalue weighted by Crippen LogP contribution is 2.39. The molecule has 0 bridgehead atoms. The Hall–Kier alpha value is -0.0400. The first-order chi connectivity index (χ1) is 6.99. The van der Waals surface area contributed by atoms with Gasteiger partial charge in [-0.15, -0.1) is 0 Å². The van der Waals surface area contributed by atoms with Crippen LogP contribution < -0.4 is 0 Å². The molecule has 1 unspecified atom stereocenters. The van der Waals surface area contributed by atoms with Crippen molar-refractivity contribution in [2.45, 2.75) is 53.9 Å². The summed E-state index contributed by atoms with van der Waals surface area (Å²) in [6, 6.07) is 0. The Morgan fingerprint density at radius 3 is 2.00 bits per heavy atom. The molecule has 0 saturated carbocycles. The fourth-order valence-electron chi connectivity index (χ4n) is 3.32. The van der Waals surface area contributed by atoms with Gasteiger partial charge in [0.25, 0.3) is 0 Å². The molecule has 1 rings (SSSR count). The van der Waals surface area contributed by atoms with Crippen LogP contribution in [0.2, 0.25) is 0 Å². The molecule has 1 saturated heterocycles. The molecule has 0 aromatic carbocycles. The van der Waals surface area contributed by atoms with Crippen molar-refractivity contribution in [3.63, 3.8) is 0 Å². The Morgan fingerprint density at radius 2 is 1.67 bits per heavy atom. The smallest absolute Gasteiger partial charge is 0.00161 e. The molecule has 1 fully saturated rings. The van der Waals surface area contributed by atoms with Crippen molar-refractivity contribution in [1.29, 1.82) is 0 Å². The van der Waals surface area contributed by atoms with Crippen LogP contribution in [0.15, 0.2) is 0 Å². The van der Waals surface area contributed by atoms with Crippen LogP contribution in [0.25, 0.3) is 0 Å². The van der Waals surface area contributed by atoms with Crippen LogP contribution in [0.5, 0.6) is 0 Å². The second kappa shape index (κ2) is 5.34. The average molecular weight is 211 g/mol.